The summed E-state index contributed by atoms with van der Waals surface area (Å²) in [5.41, 5.74) is -0.567. The first-order valence-electron chi connectivity index (χ1n) is 4.91. The normalized spacial score (nSPS) is 15.8. The van der Waals surface area contributed by atoms with Gasteiger partial charge in [-0.25, -0.2) is 4.79 Å². The molecule has 0 radical (unpaired) electrons. The second-order valence-electron chi connectivity index (χ2n) is 3.52. The first-order chi connectivity index (χ1) is 8.41. The van der Waals surface area contributed by atoms with Gasteiger partial charge in [0.05, 0.1) is 0 Å². The van der Waals surface area contributed by atoms with Crippen LogP contribution in [0.15, 0.2) is 41.8 Å². The molecule has 0 spiro atoms. The molecule has 0 unspecified atom stereocenters. The predicted octanol–water partition coefficient (Wildman–Crippen LogP) is 2.34. The van der Waals surface area contributed by atoms with Gasteiger partial charge in [-0.05, 0) is 12.1 Å². The number of ether oxygens (including phenoxy) is 1. The fraction of sp³-hybridized carbons (Fsp3) is 0.182. The van der Waals surface area contributed by atoms with Crippen LogP contribution in [0.2, 0.25) is 0 Å². The number of alkyl halides is 3. The van der Waals surface area contributed by atoms with Crippen molar-refractivity contribution in [3.63, 3.8) is 0 Å². The van der Waals surface area contributed by atoms with Crippen molar-refractivity contribution >= 4 is 11.7 Å². The Morgan fingerprint density at radius 1 is 1.28 bits per heavy atom. The Balaban J connectivity index is 2.47. The predicted molar refractivity (Wildman–Crippen MR) is 55.6 cm³/mol. The summed E-state index contributed by atoms with van der Waals surface area (Å²) in [7, 11) is 0. The lowest BCUT2D eigenvalue weighted by molar-refractivity contribution is -0.137. The number of hydrogen-bond donors (Lipinski definition) is 1. The quantitative estimate of drug-likeness (QED) is 0.885. The highest BCUT2D eigenvalue weighted by Gasteiger charge is 2.46. The number of nitrogens with zero attached hydrogens (tertiary/aromatic N) is 1. The van der Waals surface area contributed by atoms with E-state index in [2.05, 4.69) is 4.74 Å². The van der Waals surface area contributed by atoms with Crippen LogP contribution in [0.1, 0.15) is 0 Å². The van der Waals surface area contributed by atoms with E-state index in [4.69, 9.17) is 5.11 Å². The number of allylic oxidation sites excluding steroid dienone is 1. The van der Waals surface area contributed by atoms with Gasteiger partial charge in [0.2, 0.25) is 5.76 Å². The number of rotatable bonds is 2. The van der Waals surface area contributed by atoms with Crippen molar-refractivity contribution in [1.29, 1.82) is 0 Å². The summed E-state index contributed by atoms with van der Waals surface area (Å²) in [4.78, 5) is 11.9. The minimum absolute atomic E-state index is 0.328. The van der Waals surface area contributed by atoms with E-state index in [9.17, 15) is 18.0 Å². The molecule has 1 heterocycles. The van der Waals surface area contributed by atoms with Crippen LogP contribution in [0.5, 0.6) is 0 Å². The molecule has 0 saturated heterocycles. The van der Waals surface area contributed by atoms with Crippen molar-refractivity contribution in [3.8, 4) is 0 Å². The van der Waals surface area contributed by atoms with Crippen LogP contribution in [-0.2, 0) is 9.53 Å². The molecule has 18 heavy (non-hydrogen) atoms. The molecule has 1 aromatic rings. The van der Waals surface area contributed by atoms with Crippen LogP contribution in [0.4, 0.5) is 18.9 Å². The maximum atomic E-state index is 12.6. The number of carboxylic acids is 1. The molecule has 1 aliphatic rings. The second-order valence-corrected chi connectivity index (χ2v) is 3.52. The summed E-state index contributed by atoms with van der Waals surface area (Å²) in [5.74, 6) is -3.15. The Morgan fingerprint density at radius 2 is 1.89 bits per heavy atom. The first-order valence-corrected chi connectivity index (χ1v) is 4.91. The topological polar surface area (TPSA) is 49.8 Å². The summed E-state index contributed by atoms with van der Waals surface area (Å²) in [6.45, 7) is -0.472. The lowest BCUT2D eigenvalue weighted by Crippen LogP contribution is -2.25. The van der Waals surface area contributed by atoms with Gasteiger partial charge in [-0.15, -0.1) is 0 Å². The van der Waals surface area contributed by atoms with E-state index in [1.165, 1.54) is 12.1 Å². The molecule has 0 amide bonds. The lowest BCUT2D eigenvalue weighted by Gasteiger charge is -2.16. The minimum atomic E-state index is -4.82. The third kappa shape index (κ3) is 2.11. The van der Waals surface area contributed by atoms with E-state index >= 15 is 0 Å². The zero-order valence-electron chi connectivity index (χ0n) is 8.94. The Morgan fingerprint density at radius 3 is 2.39 bits per heavy atom. The summed E-state index contributed by atoms with van der Waals surface area (Å²) in [6, 6.07) is 7.88. The van der Waals surface area contributed by atoms with E-state index in [-0.39, 0.29) is 0 Å². The van der Waals surface area contributed by atoms with Crippen LogP contribution in [0, 0.1) is 0 Å². The highest BCUT2D eigenvalue weighted by atomic mass is 19.4. The SMILES string of the molecule is O=C(O)C1=C(C(F)(F)F)OCN1c1ccccc1. The molecular formula is C11H8F3NO3. The molecule has 1 aliphatic heterocycles. The molecule has 0 bridgehead atoms. The molecule has 0 fully saturated rings. The largest absolute Gasteiger partial charge is 0.476 e. The van der Waals surface area contributed by atoms with Gasteiger partial charge < -0.3 is 9.84 Å². The number of para-hydroxylation sites is 1. The standard InChI is InChI=1S/C11H8F3NO3/c12-11(13,14)9-8(10(16)17)15(6-18-9)7-4-2-1-3-5-7/h1-5H,6H2,(H,16,17). The van der Waals surface area contributed by atoms with Crippen LogP contribution < -0.4 is 4.90 Å². The lowest BCUT2D eigenvalue weighted by atomic mass is 10.2. The molecule has 2 rings (SSSR count). The number of carboxylic acid groups (broad SMARTS) is 1. The number of halogens is 3. The summed E-state index contributed by atoms with van der Waals surface area (Å²) >= 11 is 0. The molecule has 0 aliphatic carbocycles. The zero-order chi connectivity index (χ0) is 13.3. The van der Waals surface area contributed by atoms with Crippen LogP contribution in [0.3, 0.4) is 0 Å². The fourth-order valence-electron chi connectivity index (χ4n) is 1.62. The first kappa shape index (κ1) is 12.3. The van der Waals surface area contributed by atoms with Gasteiger partial charge in [0.15, 0.2) is 12.4 Å². The number of benzene rings is 1. The Bertz CT molecular complexity index is 496. The molecular weight excluding hydrogens is 251 g/mol. The Hall–Kier alpha value is -2.18. The van der Waals surface area contributed by atoms with Gasteiger partial charge in [-0.3, -0.25) is 4.90 Å². The van der Waals surface area contributed by atoms with Crippen molar-refractivity contribution in [3.05, 3.63) is 41.8 Å². The van der Waals surface area contributed by atoms with E-state index in [1.54, 1.807) is 18.2 Å². The average molecular weight is 259 g/mol. The molecule has 0 aromatic heterocycles. The molecule has 7 heteroatoms. The molecule has 4 nitrogen and oxygen atoms in total. The van der Waals surface area contributed by atoms with Crippen molar-refractivity contribution in [1.82, 2.24) is 0 Å². The maximum absolute atomic E-state index is 12.6. The number of aliphatic carboxylic acids is 1. The van der Waals surface area contributed by atoms with E-state index in [0.717, 1.165) is 4.90 Å². The highest BCUT2D eigenvalue weighted by molar-refractivity contribution is 5.92. The molecule has 0 atom stereocenters. The summed E-state index contributed by atoms with van der Waals surface area (Å²) in [6.07, 6.45) is -4.82. The van der Waals surface area contributed by atoms with Gasteiger partial charge >= 0.3 is 12.1 Å². The van der Waals surface area contributed by atoms with Gasteiger partial charge in [-0.1, -0.05) is 18.2 Å². The van der Waals surface area contributed by atoms with Crippen molar-refractivity contribution in [2.75, 3.05) is 11.6 Å². The third-order valence-electron chi connectivity index (χ3n) is 2.35. The van der Waals surface area contributed by atoms with Gasteiger partial charge in [0.25, 0.3) is 0 Å². The van der Waals surface area contributed by atoms with Crippen molar-refractivity contribution < 1.29 is 27.8 Å². The van der Waals surface area contributed by atoms with Crippen LogP contribution >= 0.6 is 0 Å². The van der Waals surface area contributed by atoms with Gasteiger partial charge in [0.1, 0.15) is 0 Å². The van der Waals surface area contributed by atoms with E-state index in [0.29, 0.717) is 5.69 Å². The Labute approximate surface area is 99.9 Å². The van der Waals surface area contributed by atoms with Crippen LogP contribution in [-0.4, -0.2) is 24.0 Å². The molecule has 1 N–H and O–H groups in total. The fourth-order valence-corrected chi connectivity index (χ4v) is 1.62. The average Bonchev–Trinajstić information content (AvgIpc) is 2.74. The molecule has 1 aromatic carbocycles. The zero-order valence-corrected chi connectivity index (χ0v) is 8.94. The smallest absolute Gasteiger partial charge is 0.451 e. The number of anilines is 1. The summed E-state index contributed by atoms with van der Waals surface area (Å²) < 4.78 is 42.2. The van der Waals surface area contributed by atoms with Gasteiger partial charge in [0, 0.05) is 5.69 Å². The Kier molecular flexibility index (Phi) is 2.90. The van der Waals surface area contributed by atoms with Crippen molar-refractivity contribution in [2.45, 2.75) is 6.18 Å². The van der Waals surface area contributed by atoms with Crippen molar-refractivity contribution in [2.24, 2.45) is 0 Å². The molecule has 0 saturated carbocycles. The number of carbonyl (C=O) groups is 1. The molecule has 96 valence electrons. The minimum Gasteiger partial charge on any atom is -0.476 e. The van der Waals surface area contributed by atoms with E-state index < -0.39 is 30.3 Å². The number of hydrogen-bond acceptors (Lipinski definition) is 3. The highest BCUT2D eigenvalue weighted by Crippen LogP contribution is 2.36. The summed E-state index contributed by atoms with van der Waals surface area (Å²) in [5, 5.41) is 8.90. The van der Waals surface area contributed by atoms with Gasteiger partial charge in [-0.2, -0.15) is 13.2 Å². The monoisotopic (exact) mass is 259 g/mol. The maximum Gasteiger partial charge on any atom is 0.451 e. The third-order valence-corrected chi connectivity index (χ3v) is 2.35. The van der Waals surface area contributed by atoms with Crippen LogP contribution in [0.25, 0.3) is 0 Å². The second kappa shape index (κ2) is 4.25. The van der Waals surface area contributed by atoms with E-state index in [1.807, 2.05) is 0 Å².